The first-order chi connectivity index (χ1) is 23.7. The van der Waals surface area contributed by atoms with E-state index in [2.05, 4.69) is 0 Å². The van der Waals surface area contributed by atoms with E-state index in [-0.39, 0.29) is 71.2 Å². The minimum Gasteiger partial charge on any atom is -0.545 e. The van der Waals surface area contributed by atoms with Crippen LogP contribution in [0.2, 0.25) is 0 Å². The summed E-state index contributed by atoms with van der Waals surface area (Å²) in [6, 6.07) is 27.8. The molecule has 53 heavy (non-hydrogen) atoms. The van der Waals surface area contributed by atoms with Crippen molar-refractivity contribution in [2.24, 2.45) is 0 Å². The number of carbonyl (C=O) groups excluding carboxylic acids is 4. The molecule has 0 atom stereocenters. The first-order valence-corrected chi connectivity index (χ1v) is 16.9. The third-order valence-electron chi connectivity index (χ3n) is 7.82. The van der Waals surface area contributed by atoms with Gasteiger partial charge < -0.3 is 39.6 Å². The van der Waals surface area contributed by atoms with E-state index in [0.717, 1.165) is 22.3 Å². The van der Waals surface area contributed by atoms with Crippen LogP contribution in [0.5, 0.6) is 0 Å². The van der Waals surface area contributed by atoms with E-state index in [0.29, 0.717) is 0 Å². The summed E-state index contributed by atoms with van der Waals surface area (Å²) in [6.45, 7) is 23.8. The van der Waals surface area contributed by atoms with E-state index < -0.39 is 23.9 Å². The summed E-state index contributed by atoms with van der Waals surface area (Å²) >= 11 is 0. The van der Waals surface area contributed by atoms with Crippen molar-refractivity contribution in [1.82, 2.24) is 0 Å². The maximum Gasteiger partial charge on any atom is 0.0718 e. The molecule has 0 aliphatic heterocycles. The third-order valence-corrected chi connectivity index (χ3v) is 7.82. The summed E-state index contributed by atoms with van der Waals surface area (Å²) in [5.74, 6) is -4.42. The van der Waals surface area contributed by atoms with Gasteiger partial charge in [0.1, 0.15) is 0 Å². The smallest absolute Gasteiger partial charge is 0.0718 e. The number of carboxylic acids is 4. The van der Waals surface area contributed by atoms with Crippen molar-refractivity contribution in [2.75, 3.05) is 0 Å². The van der Waals surface area contributed by atoms with Crippen molar-refractivity contribution >= 4 is 51.2 Å². The average molecular weight is 916 g/mol. The maximum atomic E-state index is 10.8. The van der Waals surface area contributed by atoms with Gasteiger partial charge in [0, 0.05) is 49.6 Å². The largest absolute Gasteiger partial charge is 0.545 e. The zero-order chi connectivity index (χ0) is 40.2. The Labute approximate surface area is 335 Å². The van der Waals surface area contributed by atoms with Crippen LogP contribution in [-0.2, 0) is 21.7 Å². The van der Waals surface area contributed by atoms with E-state index in [4.69, 9.17) is 0 Å². The fourth-order valence-corrected chi connectivity index (χ4v) is 5.26. The monoisotopic (exact) mass is 916 g/mol. The molecule has 4 aromatic rings. The Kier molecular flexibility index (Phi) is 18.6. The fraction of sp³-hybridized carbons (Fsp3) is 0.364. The molecule has 4 rings (SSSR count). The van der Waals surface area contributed by atoms with Crippen molar-refractivity contribution in [3.05, 3.63) is 142 Å². The standard InChI is InChI=1S/4C11H14O2.Pb/c4*1-11(2,3)9-7-5-4-6-8(9)10(12)13;/h4*4-7H,1-3H3,(H,12,13);/p-4. The summed E-state index contributed by atoms with van der Waals surface area (Å²) in [7, 11) is 0. The number of hydrogen-bond acceptors (Lipinski definition) is 8. The number of carboxylic acid groups (broad SMARTS) is 4. The molecule has 8 nitrogen and oxygen atoms in total. The van der Waals surface area contributed by atoms with Crippen LogP contribution in [0.3, 0.4) is 0 Å². The fourth-order valence-electron chi connectivity index (χ4n) is 5.26. The number of benzene rings is 4. The minimum absolute atomic E-state index is 0. The second kappa shape index (κ2) is 20.2. The Morgan fingerprint density at radius 1 is 0.321 bits per heavy atom. The molecule has 0 aliphatic rings. The molecule has 0 N–H and O–H groups in total. The molecule has 0 saturated carbocycles. The van der Waals surface area contributed by atoms with Crippen LogP contribution >= 0.6 is 0 Å². The van der Waals surface area contributed by atoms with E-state index >= 15 is 0 Å². The van der Waals surface area contributed by atoms with Gasteiger partial charge in [0.2, 0.25) is 0 Å². The Morgan fingerprint density at radius 2 is 0.453 bits per heavy atom. The van der Waals surface area contributed by atoms with Gasteiger partial charge in [-0.25, -0.2) is 0 Å². The van der Waals surface area contributed by atoms with Crippen LogP contribution in [-0.4, -0.2) is 51.2 Å². The molecule has 0 unspecified atom stereocenters. The summed E-state index contributed by atoms with van der Waals surface area (Å²) < 4.78 is 0. The average Bonchev–Trinajstić information content (AvgIpc) is 3.04. The molecule has 0 aromatic heterocycles. The van der Waals surface area contributed by atoms with Crippen LogP contribution in [0, 0.1) is 0 Å². The SMILES string of the molecule is CC(C)(C)c1ccccc1C(=O)[O-].CC(C)(C)c1ccccc1C(=O)[O-].CC(C)(C)c1ccccc1C(=O)[O-].CC(C)(C)c1ccccc1C(=O)[O-].[Pb]. The number of hydrogen-bond donors (Lipinski definition) is 0. The Bertz CT molecular complexity index is 1560. The van der Waals surface area contributed by atoms with Crippen molar-refractivity contribution in [1.29, 1.82) is 0 Å². The predicted molar refractivity (Wildman–Crippen MR) is 204 cm³/mol. The number of rotatable bonds is 4. The molecular formula is C44H52O8Pb-4. The van der Waals surface area contributed by atoms with Gasteiger partial charge in [-0.3, -0.25) is 0 Å². The Balaban J connectivity index is 0.000000676. The first kappa shape index (κ1) is 48.7. The van der Waals surface area contributed by atoms with Gasteiger partial charge in [0.15, 0.2) is 0 Å². The van der Waals surface area contributed by atoms with Gasteiger partial charge in [-0.05, 0) is 43.9 Å². The summed E-state index contributed by atoms with van der Waals surface area (Å²) in [5, 5.41) is 43.0. The van der Waals surface area contributed by atoms with Gasteiger partial charge in [0.05, 0.1) is 23.9 Å². The van der Waals surface area contributed by atoms with E-state index in [9.17, 15) is 39.6 Å². The van der Waals surface area contributed by atoms with Gasteiger partial charge in [-0.1, -0.05) is 180 Å². The zero-order valence-electron chi connectivity index (χ0n) is 33.0. The van der Waals surface area contributed by atoms with Gasteiger partial charge in [-0.15, -0.1) is 0 Å². The molecule has 284 valence electrons. The van der Waals surface area contributed by atoms with Gasteiger partial charge >= 0.3 is 0 Å². The van der Waals surface area contributed by atoms with Crippen molar-refractivity contribution in [2.45, 2.75) is 105 Å². The predicted octanol–water partition coefficient (Wildman–Crippen LogP) is 5.01. The summed E-state index contributed by atoms with van der Waals surface area (Å²) in [5.41, 5.74) is 3.78. The molecule has 0 fully saturated rings. The summed E-state index contributed by atoms with van der Waals surface area (Å²) in [4.78, 5) is 43.0. The van der Waals surface area contributed by atoms with E-state index in [1.165, 1.54) is 0 Å². The molecule has 0 saturated heterocycles. The van der Waals surface area contributed by atoms with Crippen LogP contribution in [0.15, 0.2) is 97.1 Å². The third kappa shape index (κ3) is 15.7. The second-order valence-corrected chi connectivity index (χ2v) is 16.3. The topological polar surface area (TPSA) is 161 Å². The Hall–Kier alpha value is -4.32. The molecule has 0 bridgehead atoms. The molecule has 0 aliphatic carbocycles. The number of carbonyl (C=O) groups is 4. The van der Waals surface area contributed by atoms with Gasteiger partial charge in [0.25, 0.3) is 0 Å². The Morgan fingerprint density at radius 3 is 0.547 bits per heavy atom. The molecule has 4 radical (unpaired) electrons. The number of aromatic carboxylic acids is 4. The molecule has 9 heteroatoms. The quantitative estimate of drug-likeness (QED) is 0.259. The molecule has 0 spiro atoms. The molecule has 0 amide bonds. The zero-order valence-corrected chi connectivity index (χ0v) is 36.9. The second-order valence-electron chi connectivity index (χ2n) is 16.3. The van der Waals surface area contributed by atoms with Crippen LogP contribution in [0.25, 0.3) is 0 Å². The van der Waals surface area contributed by atoms with Crippen molar-refractivity contribution < 1.29 is 39.6 Å². The normalized spacial score (nSPS) is 11.1. The summed E-state index contributed by atoms with van der Waals surface area (Å²) in [6.07, 6.45) is 0. The molecule has 4 aromatic carbocycles. The van der Waals surface area contributed by atoms with Crippen LogP contribution < -0.4 is 20.4 Å². The van der Waals surface area contributed by atoms with Crippen LogP contribution in [0.1, 0.15) is 147 Å². The van der Waals surface area contributed by atoms with Gasteiger partial charge in [-0.2, -0.15) is 0 Å². The van der Waals surface area contributed by atoms with Crippen molar-refractivity contribution in [3.63, 3.8) is 0 Å². The minimum atomic E-state index is -1.11. The molecule has 0 heterocycles. The van der Waals surface area contributed by atoms with Crippen molar-refractivity contribution in [3.8, 4) is 0 Å². The van der Waals surface area contributed by atoms with E-state index in [1.807, 2.05) is 132 Å². The van der Waals surface area contributed by atoms with E-state index in [1.54, 1.807) is 48.5 Å². The van der Waals surface area contributed by atoms with Crippen LogP contribution in [0.4, 0.5) is 0 Å². The molecular weight excluding hydrogens is 864 g/mol. The maximum absolute atomic E-state index is 10.8. The first-order valence-electron chi connectivity index (χ1n) is 16.9.